The highest BCUT2D eigenvalue weighted by Gasteiger charge is 2.30. The van der Waals surface area contributed by atoms with Crippen molar-refractivity contribution in [3.8, 4) is 0 Å². The highest BCUT2D eigenvalue weighted by atomic mass is 79.9. The largest absolute Gasteiger partial charge is 0.252 e. The summed E-state index contributed by atoms with van der Waals surface area (Å²) in [6, 6.07) is 1.71. The van der Waals surface area contributed by atoms with Crippen molar-refractivity contribution in [2.24, 2.45) is 0 Å². The van der Waals surface area contributed by atoms with Crippen molar-refractivity contribution in [1.82, 2.24) is 14.3 Å². The number of aryl methyl sites for hydroxylation is 1. The third-order valence-electron chi connectivity index (χ3n) is 3.27. The highest BCUT2D eigenvalue weighted by Crippen LogP contribution is 2.33. The molecule has 20 heavy (non-hydrogen) atoms. The molecule has 0 radical (unpaired) electrons. The Morgan fingerprint density at radius 2 is 2.25 bits per heavy atom. The topological polar surface area (TPSA) is 63.2 Å². The first-order chi connectivity index (χ1) is 9.48. The zero-order chi connectivity index (χ0) is 14.3. The summed E-state index contributed by atoms with van der Waals surface area (Å²) in [6.07, 6.45) is 3.87. The SMILES string of the molecule is Cc1cc(S(=O)(=O)N2CCc3cncnc3C2)sc1Br. The second-order valence-electron chi connectivity index (χ2n) is 4.61. The molecule has 0 fully saturated rings. The van der Waals surface area contributed by atoms with E-state index in [1.165, 1.54) is 22.0 Å². The van der Waals surface area contributed by atoms with Crippen LogP contribution in [0.5, 0.6) is 0 Å². The van der Waals surface area contributed by atoms with Gasteiger partial charge in [-0.1, -0.05) is 0 Å². The van der Waals surface area contributed by atoms with Gasteiger partial charge in [-0.05, 0) is 46.5 Å². The molecular formula is C12H12BrN3O2S2. The van der Waals surface area contributed by atoms with Crippen molar-refractivity contribution in [1.29, 1.82) is 0 Å². The Morgan fingerprint density at radius 3 is 2.95 bits per heavy atom. The van der Waals surface area contributed by atoms with Crippen molar-refractivity contribution in [2.75, 3.05) is 6.54 Å². The zero-order valence-corrected chi connectivity index (χ0v) is 13.9. The number of thiophene rings is 1. The van der Waals surface area contributed by atoms with Gasteiger partial charge in [-0.3, -0.25) is 0 Å². The molecule has 0 aromatic carbocycles. The highest BCUT2D eigenvalue weighted by molar-refractivity contribution is 9.11. The van der Waals surface area contributed by atoms with Crippen LogP contribution in [0.3, 0.4) is 0 Å². The van der Waals surface area contributed by atoms with E-state index in [4.69, 9.17) is 0 Å². The van der Waals surface area contributed by atoms with Crippen LogP contribution >= 0.6 is 27.3 Å². The van der Waals surface area contributed by atoms with E-state index in [1.807, 2.05) is 6.92 Å². The van der Waals surface area contributed by atoms with Crippen LogP contribution in [0.4, 0.5) is 0 Å². The van der Waals surface area contributed by atoms with Gasteiger partial charge in [0.25, 0.3) is 10.0 Å². The third kappa shape index (κ3) is 2.41. The van der Waals surface area contributed by atoms with Crippen LogP contribution in [0.2, 0.25) is 0 Å². The maximum Gasteiger partial charge on any atom is 0.252 e. The van der Waals surface area contributed by atoms with E-state index >= 15 is 0 Å². The van der Waals surface area contributed by atoms with Gasteiger partial charge in [-0.15, -0.1) is 11.3 Å². The molecule has 0 amide bonds. The van der Waals surface area contributed by atoms with Gasteiger partial charge in [0.1, 0.15) is 10.5 Å². The standard InChI is InChI=1S/C12H12BrN3O2S2/c1-8-4-11(19-12(8)13)20(17,18)16-3-2-9-5-14-7-15-10(9)6-16/h4-5,7H,2-3,6H2,1H3. The van der Waals surface area contributed by atoms with Crippen LogP contribution in [0, 0.1) is 6.92 Å². The number of aromatic nitrogens is 2. The van der Waals surface area contributed by atoms with Crippen LogP contribution in [0.25, 0.3) is 0 Å². The summed E-state index contributed by atoms with van der Waals surface area (Å²) in [6.45, 7) is 2.67. The minimum absolute atomic E-state index is 0.314. The van der Waals surface area contributed by atoms with Crippen molar-refractivity contribution >= 4 is 37.3 Å². The average molecular weight is 374 g/mol. The quantitative estimate of drug-likeness (QED) is 0.810. The van der Waals surface area contributed by atoms with Crippen LogP contribution in [0.15, 0.2) is 26.6 Å². The van der Waals surface area contributed by atoms with Gasteiger partial charge in [-0.25, -0.2) is 18.4 Å². The zero-order valence-electron chi connectivity index (χ0n) is 10.7. The van der Waals surface area contributed by atoms with Gasteiger partial charge in [-0.2, -0.15) is 4.31 Å². The summed E-state index contributed by atoms with van der Waals surface area (Å²) in [5.74, 6) is 0. The minimum atomic E-state index is -3.44. The molecular weight excluding hydrogens is 362 g/mol. The van der Waals surface area contributed by atoms with Crippen LogP contribution in [-0.4, -0.2) is 29.2 Å². The molecule has 3 heterocycles. The van der Waals surface area contributed by atoms with Gasteiger partial charge in [0.15, 0.2) is 0 Å². The lowest BCUT2D eigenvalue weighted by Gasteiger charge is -2.26. The lowest BCUT2D eigenvalue weighted by Crippen LogP contribution is -2.36. The van der Waals surface area contributed by atoms with Gasteiger partial charge in [0, 0.05) is 12.7 Å². The number of halogens is 1. The molecule has 8 heteroatoms. The summed E-state index contributed by atoms with van der Waals surface area (Å²) >= 11 is 4.62. The molecule has 5 nitrogen and oxygen atoms in total. The van der Waals surface area contributed by atoms with E-state index < -0.39 is 10.0 Å². The number of hydrogen-bond donors (Lipinski definition) is 0. The molecule has 0 saturated heterocycles. The average Bonchev–Trinajstić information content (AvgIpc) is 2.79. The summed E-state index contributed by atoms with van der Waals surface area (Å²) in [5.41, 5.74) is 2.76. The Bertz CT molecular complexity index is 738. The summed E-state index contributed by atoms with van der Waals surface area (Å²) in [4.78, 5) is 8.15. The molecule has 0 N–H and O–H groups in total. The molecule has 0 bridgehead atoms. The molecule has 2 aromatic heterocycles. The molecule has 106 valence electrons. The van der Waals surface area contributed by atoms with E-state index in [9.17, 15) is 8.42 Å². The van der Waals surface area contributed by atoms with Gasteiger partial charge >= 0.3 is 0 Å². The molecule has 0 spiro atoms. The Hall–Kier alpha value is -0.830. The van der Waals surface area contributed by atoms with Crippen molar-refractivity contribution in [2.45, 2.75) is 24.1 Å². The first kappa shape index (κ1) is 14.1. The maximum atomic E-state index is 12.6. The predicted octanol–water partition coefficient (Wildman–Crippen LogP) is 2.36. The Morgan fingerprint density at radius 1 is 1.45 bits per heavy atom. The number of rotatable bonds is 2. The summed E-state index contributed by atoms with van der Waals surface area (Å²) < 4.78 is 28.0. The Kier molecular flexibility index (Phi) is 3.65. The van der Waals surface area contributed by atoms with Gasteiger partial charge < -0.3 is 0 Å². The molecule has 0 unspecified atom stereocenters. The lowest BCUT2D eigenvalue weighted by atomic mass is 10.1. The van der Waals surface area contributed by atoms with Crippen LogP contribution in [-0.2, 0) is 23.0 Å². The fraction of sp³-hybridized carbons (Fsp3) is 0.333. The first-order valence-electron chi connectivity index (χ1n) is 6.02. The maximum absolute atomic E-state index is 12.6. The fourth-order valence-electron chi connectivity index (χ4n) is 2.12. The molecule has 0 saturated carbocycles. The lowest BCUT2D eigenvalue weighted by molar-refractivity contribution is 0.385. The van der Waals surface area contributed by atoms with Crippen molar-refractivity contribution in [3.63, 3.8) is 0 Å². The van der Waals surface area contributed by atoms with E-state index in [1.54, 1.807) is 12.3 Å². The monoisotopic (exact) mass is 373 g/mol. The Balaban J connectivity index is 1.94. The van der Waals surface area contributed by atoms with Crippen LogP contribution in [0.1, 0.15) is 16.8 Å². The summed E-state index contributed by atoms with van der Waals surface area (Å²) in [7, 11) is -3.44. The second kappa shape index (κ2) is 5.18. The number of fused-ring (bicyclic) bond motifs is 1. The third-order valence-corrected chi connectivity index (χ3v) is 7.70. The van der Waals surface area contributed by atoms with E-state index in [2.05, 4.69) is 25.9 Å². The van der Waals surface area contributed by atoms with E-state index in [0.717, 1.165) is 20.6 Å². The van der Waals surface area contributed by atoms with Gasteiger partial charge in [0.05, 0.1) is 16.0 Å². The molecule has 0 atom stereocenters. The number of sulfonamides is 1. The first-order valence-corrected chi connectivity index (χ1v) is 9.07. The summed E-state index contributed by atoms with van der Waals surface area (Å²) in [5, 5.41) is 0. The Labute approximate surface area is 129 Å². The van der Waals surface area contributed by atoms with Crippen molar-refractivity contribution < 1.29 is 8.42 Å². The number of nitrogens with zero attached hydrogens (tertiary/aromatic N) is 3. The predicted molar refractivity (Wildman–Crippen MR) is 80.1 cm³/mol. The molecule has 2 aromatic rings. The van der Waals surface area contributed by atoms with E-state index in [0.29, 0.717) is 23.7 Å². The normalized spacial score (nSPS) is 16.1. The van der Waals surface area contributed by atoms with Crippen LogP contribution < -0.4 is 0 Å². The second-order valence-corrected chi connectivity index (χ2v) is 9.14. The van der Waals surface area contributed by atoms with Crippen molar-refractivity contribution in [3.05, 3.63) is 39.2 Å². The van der Waals surface area contributed by atoms with Gasteiger partial charge in [0.2, 0.25) is 0 Å². The molecule has 0 aliphatic carbocycles. The molecule has 1 aliphatic heterocycles. The minimum Gasteiger partial charge on any atom is -0.245 e. The molecule has 3 rings (SSSR count). The molecule has 1 aliphatic rings. The van der Waals surface area contributed by atoms with E-state index in [-0.39, 0.29) is 0 Å². The number of hydrogen-bond acceptors (Lipinski definition) is 5. The smallest absolute Gasteiger partial charge is 0.245 e. The fourth-order valence-corrected chi connectivity index (χ4v) is 5.90.